The molecule has 1 heterocycles. The maximum Gasteiger partial charge on any atom is 0.230 e. The summed E-state index contributed by atoms with van der Waals surface area (Å²) in [5.41, 5.74) is 0.567. The Labute approximate surface area is 162 Å². The number of allylic oxidation sites excluding steroid dienone is 1. The van der Waals surface area contributed by atoms with E-state index in [1.807, 2.05) is 0 Å². The van der Waals surface area contributed by atoms with E-state index in [0.717, 1.165) is 28.4 Å². The van der Waals surface area contributed by atoms with Crippen LogP contribution in [-0.4, -0.2) is 16.7 Å². The predicted octanol–water partition coefficient (Wildman–Crippen LogP) is 5.14. The zero-order chi connectivity index (χ0) is 20.3. The Hall–Kier alpha value is -3.26. The molecule has 2 aromatic carbocycles. The average Bonchev–Trinajstić information content (AvgIpc) is 3.10. The number of halogens is 3. The lowest BCUT2D eigenvalue weighted by Gasteiger charge is -2.18. The maximum atomic E-state index is 14.1. The van der Waals surface area contributed by atoms with Crippen molar-refractivity contribution in [2.45, 2.75) is 6.92 Å². The highest BCUT2D eigenvalue weighted by atomic mass is 32.1. The minimum absolute atomic E-state index is 0.124. The van der Waals surface area contributed by atoms with Crippen LogP contribution in [0.5, 0.6) is 0 Å². The third kappa shape index (κ3) is 4.34. The van der Waals surface area contributed by atoms with Crippen LogP contribution in [0.3, 0.4) is 0 Å². The molecule has 0 saturated heterocycles. The summed E-state index contributed by atoms with van der Waals surface area (Å²) in [6.45, 7) is 1.23. The molecule has 0 atom stereocenters. The molecule has 0 radical (unpaired) electrons. The summed E-state index contributed by atoms with van der Waals surface area (Å²) in [6.07, 6.45) is 2.70. The van der Waals surface area contributed by atoms with Gasteiger partial charge in [0.15, 0.2) is 10.9 Å². The van der Waals surface area contributed by atoms with Gasteiger partial charge in [-0.15, -0.1) is 11.3 Å². The number of hydrogen-bond donors (Lipinski definition) is 0. The fraction of sp³-hybridized carbons (Fsp3) is 0.0500. The summed E-state index contributed by atoms with van der Waals surface area (Å²) in [4.78, 5) is 29.3. The minimum atomic E-state index is -0.894. The van der Waals surface area contributed by atoms with Crippen LogP contribution in [-0.2, 0) is 4.79 Å². The molecule has 28 heavy (non-hydrogen) atoms. The number of carbonyl (C=O) groups excluding carboxylic acids is 2. The molecule has 0 N–H and O–H groups in total. The second-order valence-corrected chi connectivity index (χ2v) is 6.55. The van der Waals surface area contributed by atoms with Crippen molar-refractivity contribution in [2.24, 2.45) is 0 Å². The SMILES string of the molecule is CC(=O)N(c1nc(/C=C/C(=O)c2ccc(F)cc2)cs1)c1ccc(F)cc1F. The number of aromatic nitrogens is 1. The molecular formula is C20H13F3N2O2S. The Morgan fingerprint density at radius 3 is 2.36 bits per heavy atom. The van der Waals surface area contributed by atoms with E-state index in [1.165, 1.54) is 43.3 Å². The molecule has 1 aromatic heterocycles. The van der Waals surface area contributed by atoms with E-state index in [1.54, 1.807) is 5.38 Å². The van der Waals surface area contributed by atoms with Gasteiger partial charge < -0.3 is 0 Å². The molecule has 0 bridgehead atoms. The number of hydrogen-bond acceptors (Lipinski definition) is 4. The number of ketones is 1. The van der Waals surface area contributed by atoms with Gasteiger partial charge in [0.2, 0.25) is 5.91 Å². The summed E-state index contributed by atoms with van der Waals surface area (Å²) >= 11 is 1.06. The molecule has 4 nitrogen and oxygen atoms in total. The van der Waals surface area contributed by atoms with Gasteiger partial charge in [0.1, 0.15) is 17.5 Å². The number of benzene rings is 2. The molecule has 142 valence electrons. The van der Waals surface area contributed by atoms with E-state index in [9.17, 15) is 22.8 Å². The predicted molar refractivity (Wildman–Crippen MR) is 101 cm³/mol. The van der Waals surface area contributed by atoms with Crippen molar-refractivity contribution in [3.63, 3.8) is 0 Å². The summed E-state index contributed by atoms with van der Waals surface area (Å²) in [5.74, 6) is -2.94. The standard InChI is InChI=1S/C20H13F3N2O2S/c1-12(26)25(18-8-6-15(22)10-17(18)23)20-24-16(11-28-20)7-9-19(27)13-2-4-14(21)5-3-13/h2-11H,1H3/b9-7+. The van der Waals surface area contributed by atoms with E-state index >= 15 is 0 Å². The van der Waals surface area contributed by atoms with Crippen LogP contribution >= 0.6 is 11.3 Å². The largest absolute Gasteiger partial charge is 0.289 e. The van der Waals surface area contributed by atoms with Gasteiger partial charge in [0.05, 0.1) is 11.4 Å². The molecule has 0 aliphatic rings. The number of thiazole rings is 1. The van der Waals surface area contributed by atoms with E-state index in [0.29, 0.717) is 17.3 Å². The molecule has 3 aromatic rings. The molecule has 0 aliphatic carbocycles. The van der Waals surface area contributed by atoms with Crippen LogP contribution in [0.25, 0.3) is 6.08 Å². The number of carbonyl (C=O) groups is 2. The van der Waals surface area contributed by atoms with Crippen molar-refractivity contribution in [1.82, 2.24) is 4.98 Å². The number of nitrogens with zero attached hydrogens (tertiary/aromatic N) is 2. The molecule has 8 heteroatoms. The van der Waals surface area contributed by atoms with Crippen molar-refractivity contribution in [3.05, 3.63) is 82.6 Å². The highest BCUT2D eigenvalue weighted by molar-refractivity contribution is 7.14. The van der Waals surface area contributed by atoms with Gasteiger partial charge in [-0.25, -0.2) is 18.2 Å². The van der Waals surface area contributed by atoms with Gasteiger partial charge in [0.25, 0.3) is 0 Å². The van der Waals surface area contributed by atoms with E-state index in [2.05, 4.69) is 4.98 Å². The Balaban J connectivity index is 1.84. The van der Waals surface area contributed by atoms with Crippen molar-refractivity contribution in [3.8, 4) is 0 Å². The molecular weight excluding hydrogens is 389 g/mol. The van der Waals surface area contributed by atoms with Crippen molar-refractivity contribution >= 4 is 39.9 Å². The lowest BCUT2D eigenvalue weighted by molar-refractivity contribution is -0.115. The average molecular weight is 402 g/mol. The molecule has 0 saturated carbocycles. The normalized spacial score (nSPS) is 11.0. The van der Waals surface area contributed by atoms with Gasteiger partial charge >= 0.3 is 0 Å². The Morgan fingerprint density at radius 2 is 1.71 bits per heavy atom. The van der Waals surface area contributed by atoms with E-state index in [4.69, 9.17) is 0 Å². The van der Waals surface area contributed by atoms with Crippen molar-refractivity contribution < 1.29 is 22.8 Å². The van der Waals surface area contributed by atoms with Gasteiger partial charge in [-0.2, -0.15) is 0 Å². The lowest BCUT2D eigenvalue weighted by atomic mass is 10.1. The second kappa shape index (κ2) is 8.18. The van der Waals surface area contributed by atoms with Crippen molar-refractivity contribution in [1.29, 1.82) is 0 Å². The third-order valence-electron chi connectivity index (χ3n) is 3.70. The lowest BCUT2D eigenvalue weighted by Crippen LogP contribution is -2.23. The first-order chi connectivity index (χ1) is 13.3. The zero-order valence-corrected chi connectivity index (χ0v) is 15.3. The van der Waals surface area contributed by atoms with Crippen LogP contribution in [0.1, 0.15) is 23.0 Å². The van der Waals surface area contributed by atoms with Crippen molar-refractivity contribution in [2.75, 3.05) is 4.90 Å². The molecule has 0 spiro atoms. The monoisotopic (exact) mass is 402 g/mol. The number of anilines is 2. The van der Waals surface area contributed by atoms with E-state index in [-0.39, 0.29) is 16.6 Å². The first kappa shape index (κ1) is 19.5. The van der Waals surface area contributed by atoms with Gasteiger partial charge in [0, 0.05) is 23.9 Å². The van der Waals surface area contributed by atoms with Crippen LogP contribution in [0.15, 0.2) is 53.9 Å². The van der Waals surface area contributed by atoms with Crippen LogP contribution in [0.2, 0.25) is 0 Å². The zero-order valence-electron chi connectivity index (χ0n) is 14.5. The Kier molecular flexibility index (Phi) is 5.70. The second-order valence-electron chi connectivity index (χ2n) is 5.71. The highest BCUT2D eigenvalue weighted by Gasteiger charge is 2.21. The number of rotatable bonds is 5. The third-order valence-corrected chi connectivity index (χ3v) is 4.54. The topological polar surface area (TPSA) is 50.3 Å². The van der Waals surface area contributed by atoms with E-state index < -0.39 is 23.4 Å². The number of amides is 1. The first-order valence-electron chi connectivity index (χ1n) is 8.04. The minimum Gasteiger partial charge on any atom is -0.289 e. The molecule has 3 rings (SSSR count). The fourth-order valence-electron chi connectivity index (χ4n) is 2.40. The molecule has 0 aliphatic heterocycles. The summed E-state index contributed by atoms with van der Waals surface area (Å²) < 4.78 is 40.1. The summed E-state index contributed by atoms with van der Waals surface area (Å²) in [6, 6.07) is 7.98. The summed E-state index contributed by atoms with van der Waals surface area (Å²) in [5, 5.41) is 1.76. The smallest absolute Gasteiger partial charge is 0.230 e. The van der Waals surface area contributed by atoms with Crippen LogP contribution in [0.4, 0.5) is 24.0 Å². The quantitative estimate of drug-likeness (QED) is 0.439. The molecule has 0 fully saturated rings. The summed E-state index contributed by atoms with van der Waals surface area (Å²) in [7, 11) is 0. The van der Waals surface area contributed by atoms with Gasteiger partial charge in [-0.1, -0.05) is 0 Å². The van der Waals surface area contributed by atoms with Crippen LogP contribution in [0, 0.1) is 17.5 Å². The van der Waals surface area contributed by atoms with Gasteiger partial charge in [-0.3, -0.25) is 14.5 Å². The molecule has 1 amide bonds. The van der Waals surface area contributed by atoms with Crippen LogP contribution < -0.4 is 4.90 Å². The Bertz CT molecular complexity index is 1060. The van der Waals surface area contributed by atoms with Gasteiger partial charge in [-0.05, 0) is 48.6 Å². The molecule has 0 unspecified atom stereocenters. The Morgan fingerprint density at radius 1 is 1.04 bits per heavy atom. The maximum absolute atomic E-state index is 14.1. The highest BCUT2D eigenvalue weighted by Crippen LogP contribution is 2.31. The fourth-order valence-corrected chi connectivity index (χ4v) is 3.24. The first-order valence-corrected chi connectivity index (χ1v) is 8.92.